The fraction of sp³-hybridized carbons (Fsp3) is 0.304. The normalized spacial score (nSPS) is 21.5. The standard InChI is InChI=1S/C23H22N6O2/c30-21(15-4-1-12-28-17(15)6-10-24-28)26-19-14-20(23(19)8-3-9-23)27-22(31)16-5-2-13-29-18(16)7-11-25-29/h1-2,4-7,10-13,19-20H,3,8-9,14H2,(H,26,30)(H,27,31). The molecule has 8 heteroatoms. The zero-order valence-corrected chi connectivity index (χ0v) is 16.9. The van der Waals surface area contributed by atoms with E-state index in [4.69, 9.17) is 0 Å². The molecular formula is C23H22N6O2. The Hall–Kier alpha value is -3.68. The third-order valence-electron chi connectivity index (χ3n) is 7.12. The number of pyridine rings is 2. The second-order valence-electron chi connectivity index (χ2n) is 8.54. The number of carbonyl (C=O) groups excluding carboxylic acids is 2. The Bertz CT molecular complexity index is 1220. The largest absolute Gasteiger partial charge is 0.349 e. The number of carbonyl (C=O) groups is 2. The Balaban J connectivity index is 1.19. The van der Waals surface area contributed by atoms with Gasteiger partial charge >= 0.3 is 0 Å². The van der Waals surface area contributed by atoms with Gasteiger partial charge in [-0.3, -0.25) is 9.59 Å². The predicted octanol–water partition coefficient (Wildman–Crippen LogP) is 2.45. The second kappa shape index (κ2) is 6.66. The van der Waals surface area contributed by atoms with Crippen LogP contribution < -0.4 is 10.6 Å². The first-order valence-corrected chi connectivity index (χ1v) is 10.6. The Kier molecular flexibility index (Phi) is 3.89. The van der Waals surface area contributed by atoms with Gasteiger partial charge < -0.3 is 10.6 Å². The molecule has 0 aliphatic heterocycles. The molecule has 2 atom stereocenters. The molecule has 1 spiro atoms. The maximum atomic E-state index is 13.0. The van der Waals surface area contributed by atoms with E-state index >= 15 is 0 Å². The summed E-state index contributed by atoms with van der Waals surface area (Å²) in [5, 5.41) is 14.9. The minimum absolute atomic E-state index is 0.0536. The van der Waals surface area contributed by atoms with Gasteiger partial charge in [0.05, 0.1) is 34.6 Å². The average Bonchev–Trinajstić information content (AvgIpc) is 3.39. The maximum absolute atomic E-state index is 13.0. The van der Waals surface area contributed by atoms with E-state index in [0.717, 1.165) is 36.7 Å². The zero-order valence-electron chi connectivity index (χ0n) is 16.9. The average molecular weight is 414 g/mol. The number of aromatic nitrogens is 4. The summed E-state index contributed by atoms with van der Waals surface area (Å²) >= 11 is 0. The van der Waals surface area contributed by atoms with Crippen LogP contribution in [-0.4, -0.2) is 43.1 Å². The van der Waals surface area contributed by atoms with E-state index in [-0.39, 0.29) is 29.3 Å². The van der Waals surface area contributed by atoms with Crippen LogP contribution >= 0.6 is 0 Å². The quantitative estimate of drug-likeness (QED) is 0.537. The second-order valence-corrected chi connectivity index (χ2v) is 8.54. The van der Waals surface area contributed by atoms with Crippen molar-refractivity contribution in [3.05, 3.63) is 72.3 Å². The Morgan fingerprint density at radius 1 is 0.839 bits per heavy atom. The van der Waals surface area contributed by atoms with E-state index in [1.54, 1.807) is 21.4 Å². The molecule has 6 rings (SSSR count). The molecule has 0 aromatic carbocycles. The molecule has 0 saturated heterocycles. The number of nitrogens with one attached hydrogen (secondary N) is 2. The molecule has 0 bridgehead atoms. The van der Waals surface area contributed by atoms with Gasteiger partial charge in [-0.25, -0.2) is 9.03 Å². The Labute approximate surface area is 178 Å². The Morgan fingerprint density at radius 2 is 1.35 bits per heavy atom. The van der Waals surface area contributed by atoms with Gasteiger partial charge in [0, 0.05) is 29.9 Å². The van der Waals surface area contributed by atoms with Crippen molar-refractivity contribution < 1.29 is 9.59 Å². The molecule has 2 saturated carbocycles. The highest BCUT2D eigenvalue weighted by atomic mass is 16.2. The number of hydrogen-bond acceptors (Lipinski definition) is 4. The van der Waals surface area contributed by atoms with Gasteiger partial charge in [-0.15, -0.1) is 0 Å². The van der Waals surface area contributed by atoms with E-state index in [2.05, 4.69) is 20.8 Å². The zero-order chi connectivity index (χ0) is 21.0. The lowest BCUT2D eigenvalue weighted by molar-refractivity contribution is -0.0518. The monoisotopic (exact) mass is 414 g/mol. The highest BCUT2D eigenvalue weighted by Gasteiger charge is 2.59. The van der Waals surface area contributed by atoms with Crippen LogP contribution in [0.1, 0.15) is 46.4 Å². The molecule has 8 nitrogen and oxygen atoms in total. The van der Waals surface area contributed by atoms with E-state index < -0.39 is 0 Å². The third-order valence-corrected chi connectivity index (χ3v) is 7.12. The van der Waals surface area contributed by atoms with Crippen molar-refractivity contribution in [3.8, 4) is 0 Å². The molecule has 2 N–H and O–H groups in total. The van der Waals surface area contributed by atoms with Gasteiger partial charge in [-0.05, 0) is 55.7 Å². The summed E-state index contributed by atoms with van der Waals surface area (Å²) in [6.07, 6.45) is 10.9. The number of rotatable bonds is 4. The van der Waals surface area contributed by atoms with Crippen LogP contribution in [0.25, 0.3) is 11.0 Å². The third kappa shape index (κ3) is 2.67. The predicted molar refractivity (Wildman–Crippen MR) is 114 cm³/mol. The van der Waals surface area contributed by atoms with E-state index in [1.165, 1.54) is 0 Å². The molecule has 2 aliphatic carbocycles. The van der Waals surface area contributed by atoms with Crippen molar-refractivity contribution in [2.45, 2.75) is 37.8 Å². The van der Waals surface area contributed by atoms with Crippen LogP contribution in [0.3, 0.4) is 0 Å². The Morgan fingerprint density at radius 3 is 1.81 bits per heavy atom. The number of hydrogen-bond donors (Lipinski definition) is 2. The minimum Gasteiger partial charge on any atom is -0.349 e. The smallest absolute Gasteiger partial charge is 0.253 e. The number of amides is 2. The number of fused-ring (bicyclic) bond motifs is 2. The lowest BCUT2D eigenvalue weighted by Crippen LogP contribution is -2.71. The van der Waals surface area contributed by atoms with E-state index in [9.17, 15) is 9.59 Å². The molecule has 2 unspecified atom stereocenters. The van der Waals surface area contributed by atoms with Crippen molar-refractivity contribution >= 4 is 22.8 Å². The fourth-order valence-electron chi connectivity index (χ4n) is 5.24. The van der Waals surface area contributed by atoms with Gasteiger partial charge in [-0.2, -0.15) is 10.2 Å². The molecule has 2 amide bonds. The molecule has 4 aromatic heterocycles. The van der Waals surface area contributed by atoms with Crippen LogP contribution in [0.4, 0.5) is 0 Å². The summed E-state index contributed by atoms with van der Waals surface area (Å²) in [5.41, 5.74) is 2.77. The van der Waals surface area contributed by atoms with Crippen LogP contribution in [-0.2, 0) is 0 Å². The first-order chi connectivity index (χ1) is 15.2. The van der Waals surface area contributed by atoms with Gasteiger partial charge in [0.2, 0.25) is 0 Å². The number of nitrogens with zero attached hydrogens (tertiary/aromatic N) is 4. The molecular weight excluding hydrogens is 392 g/mol. The van der Waals surface area contributed by atoms with Crippen molar-refractivity contribution in [2.24, 2.45) is 5.41 Å². The topological polar surface area (TPSA) is 92.8 Å². The van der Waals surface area contributed by atoms with Gasteiger partial charge in [-0.1, -0.05) is 6.42 Å². The summed E-state index contributed by atoms with van der Waals surface area (Å²) < 4.78 is 3.41. The lowest BCUT2D eigenvalue weighted by atomic mass is 9.49. The minimum atomic E-state index is -0.0869. The van der Waals surface area contributed by atoms with Crippen molar-refractivity contribution in [1.82, 2.24) is 29.9 Å². The lowest BCUT2D eigenvalue weighted by Gasteiger charge is -2.61. The van der Waals surface area contributed by atoms with Crippen LogP contribution in [0, 0.1) is 5.41 Å². The van der Waals surface area contributed by atoms with Gasteiger partial charge in [0.25, 0.3) is 11.8 Å². The summed E-state index contributed by atoms with van der Waals surface area (Å²) in [6, 6.07) is 11.1. The highest BCUT2D eigenvalue weighted by Crippen LogP contribution is 2.56. The van der Waals surface area contributed by atoms with Crippen LogP contribution in [0.2, 0.25) is 0 Å². The first-order valence-electron chi connectivity index (χ1n) is 10.6. The van der Waals surface area contributed by atoms with Crippen molar-refractivity contribution in [2.75, 3.05) is 0 Å². The van der Waals surface area contributed by atoms with Gasteiger partial charge in [0.1, 0.15) is 0 Å². The fourth-order valence-corrected chi connectivity index (χ4v) is 5.24. The van der Waals surface area contributed by atoms with Crippen molar-refractivity contribution in [3.63, 3.8) is 0 Å². The van der Waals surface area contributed by atoms with E-state index in [1.807, 2.05) is 48.8 Å². The summed E-state index contributed by atoms with van der Waals surface area (Å²) in [5.74, 6) is -0.174. The SMILES string of the molecule is O=C(NC1CC(NC(=O)c2cccn3nccc23)C12CCC2)c1cccn2nccc12. The van der Waals surface area contributed by atoms with Crippen LogP contribution in [0.5, 0.6) is 0 Å². The first kappa shape index (κ1) is 18.1. The van der Waals surface area contributed by atoms with Crippen molar-refractivity contribution in [1.29, 1.82) is 0 Å². The summed E-state index contributed by atoms with van der Waals surface area (Å²) in [4.78, 5) is 26.0. The molecule has 2 fully saturated rings. The molecule has 4 heterocycles. The summed E-state index contributed by atoms with van der Waals surface area (Å²) in [6.45, 7) is 0. The maximum Gasteiger partial charge on any atom is 0.253 e. The van der Waals surface area contributed by atoms with Gasteiger partial charge in [0.15, 0.2) is 0 Å². The molecule has 31 heavy (non-hydrogen) atoms. The molecule has 2 aliphatic rings. The van der Waals surface area contributed by atoms with Crippen LogP contribution in [0.15, 0.2) is 61.2 Å². The van der Waals surface area contributed by atoms with E-state index in [0.29, 0.717) is 11.1 Å². The molecule has 4 aromatic rings. The molecule has 156 valence electrons. The molecule has 0 radical (unpaired) electrons. The highest BCUT2D eigenvalue weighted by molar-refractivity contribution is 6.02. The summed E-state index contributed by atoms with van der Waals surface area (Å²) in [7, 11) is 0.